The minimum atomic E-state index is -0.732. The molecule has 2 aromatic rings. The van der Waals surface area contributed by atoms with Crippen LogP contribution in [0.25, 0.3) is 0 Å². The number of carbonyl (C=O) groups is 2. The molecule has 2 N–H and O–H groups in total. The van der Waals surface area contributed by atoms with Gasteiger partial charge in [-0.1, -0.05) is 49.9 Å². The van der Waals surface area contributed by atoms with Gasteiger partial charge in [0.25, 0.3) is 0 Å². The molecule has 0 unspecified atom stereocenters. The molecule has 0 amide bonds. The standard InChI is InChI=1S/C28H32O8/c29-19-13-9-17(10-14-19)23-25(27(31)35-33-21-5-1-2-6-21)24(18-11-15-20(30)16-12-18)26(23)28(32)36-34-22-7-3-4-8-22/h9-16,21-26,29-30H,1-8H2. The Hall–Kier alpha value is -3.10. The lowest BCUT2D eigenvalue weighted by atomic mass is 9.52. The van der Waals surface area contributed by atoms with Gasteiger partial charge in [-0.3, -0.25) is 9.78 Å². The summed E-state index contributed by atoms with van der Waals surface area (Å²) in [6.07, 6.45) is 7.27. The van der Waals surface area contributed by atoms with Gasteiger partial charge in [0, 0.05) is 11.8 Å². The van der Waals surface area contributed by atoms with E-state index < -0.39 is 35.6 Å². The first kappa shape index (κ1) is 24.6. The zero-order valence-corrected chi connectivity index (χ0v) is 20.1. The maximum Gasteiger partial charge on any atom is 0.346 e. The van der Waals surface area contributed by atoms with Crippen molar-refractivity contribution < 1.29 is 39.4 Å². The third kappa shape index (κ3) is 5.20. The molecule has 0 aliphatic heterocycles. The topological polar surface area (TPSA) is 112 Å². The highest BCUT2D eigenvalue weighted by Crippen LogP contribution is 2.58. The summed E-state index contributed by atoms with van der Waals surface area (Å²) in [5, 5.41) is 19.6. The number of hydrogen-bond donors (Lipinski definition) is 2. The Labute approximate surface area is 210 Å². The normalized spacial score (nSPS) is 26.4. The number of phenols is 2. The second kappa shape index (κ2) is 10.9. The summed E-state index contributed by atoms with van der Waals surface area (Å²) in [4.78, 5) is 48.4. The fraction of sp³-hybridized carbons (Fsp3) is 0.500. The molecular weight excluding hydrogens is 464 g/mol. The van der Waals surface area contributed by atoms with E-state index in [1.807, 2.05) is 0 Å². The first-order valence-corrected chi connectivity index (χ1v) is 12.8. The van der Waals surface area contributed by atoms with E-state index in [0.717, 1.165) is 51.4 Å². The van der Waals surface area contributed by atoms with Crippen LogP contribution in [0.5, 0.6) is 11.5 Å². The molecule has 3 saturated carbocycles. The molecule has 0 radical (unpaired) electrons. The van der Waals surface area contributed by atoms with Gasteiger partial charge in [0.15, 0.2) is 0 Å². The first-order valence-electron chi connectivity index (χ1n) is 12.8. The highest BCUT2D eigenvalue weighted by Gasteiger charge is 2.60. The van der Waals surface area contributed by atoms with Crippen LogP contribution in [0.1, 0.15) is 74.3 Å². The fourth-order valence-electron chi connectivity index (χ4n) is 5.87. The summed E-state index contributed by atoms with van der Waals surface area (Å²) in [7, 11) is 0. The molecule has 3 aliphatic carbocycles. The Bertz CT molecular complexity index is 945. The second-order valence-electron chi connectivity index (χ2n) is 10.1. The van der Waals surface area contributed by atoms with Crippen molar-refractivity contribution in [1.29, 1.82) is 0 Å². The molecule has 8 nitrogen and oxygen atoms in total. The molecule has 3 fully saturated rings. The molecular formula is C28H32O8. The molecule has 0 atom stereocenters. The zero-order valence-electron chi connectivity index (χ0n) is 20.1. The summed E-state index contributed by atoms with van der Waals surface area (Å²) < 4.78 is 0. The minimum Gasteiger partial charge on any atom is -0.508 e. The van der Waals surface area contributed by atoms with E-state index >= 15 is 0 Å². The number of benzene rings is 2. The third-order valence-electron chi connectivity index (χ3n) is 7.78. The highest BCUT2D eigenvalue weighted by atomic mass is 17.2. The van der Waals surface area contributed by atoms with Crippen LogP contribution in [-0.4, -0.2) is 34.4 Å². The van der Waals surface area contributed by atoms with E-state index in [1.54, 1.807) is 24.3 Å². The summed E-state index contributed by atoms with van der Waals surface area (Å²) in [6.45, 7) is 0. The van der Waals surface area contributed by atoms with Gasteiger partial charge in [0.2, 0.25) is 0 Å². The second-order valence-corrected chi connectivity index (χ2v) is 10.1. The van der Waals surface area contributed by atoms with Crippen molar-refractivity contribution in [3.05, 3.63) is 59.7 Å². The van der Waals surface area contributed by atoms with E-state index in [-0.39, 0.29) is 23.7 Å². The fourth-order valence-corrected chi connectivity index (χ4v) is 5.87. The van der Waals surface area contributed by atoms with Gasteiger partial charge in [0.05, 0.1) is 11.8 Å². The van der Waals surface area contributed by atoms with Gasteiger partial charge in [-0.2, -0.15) is 9.78 Å². The average Bonchev–Trinajstić information content (AvgIpc) is 3.58. The molecule has 2 aromatic carbocycles. The van der Waals surface area contributed by atoms with Crippen molar-refractivity contribution in [2.45, 2.75) is 75.4 Å². The summed E-state index contributed by atoms with van der Waals surface area (Å²) in [5.41, 5.74) is 1.40. The SMILES string of the molecule is O=C(OOC1CCCC1)C1C(c2ccc(O)cc2)C(C(=O)OOC2CCCC2)C1c1ccc(O)cc1. The molecule has 0 heterocycles. The van der Waals surface area contributed by atoms with E-state index in [4.69, 9.17) is 19.6 Å². The monoisotopic (exact) mass is 496 g/mol. The third-order valence-corrected chi connectivity index (χ3v) is 7.78. The Morgan fingerprint density at radius 3 is 1.25 bits per heavy atom. The Morgan fingerprint density at radius 1 is 0.583 bits per heavy atom. The van der Waals surface area contributed by atoms with Gasteiger partial charge < -0.3 is 10.2 Å². The lowest BCUT2D eigenvalue weighted by Crippen LogP contribution is -2.52. The molecule has 0 aromatic heterocycles. The Morgan fingerprint density at radius 2 is 0.917 bits per heavy atom. The first-order chi connectivity index (χ1) is 17.5. The quantitative estimate of drug-likeness (QED) is 0.386. The molecule has 5 rings (SSSR count). The van der Waals surface area contributed by atoms with Crippen LogP contribution in [0.4, 0.5) is 0 Å². The number of aromatic hydroxyl groups is 2. The van der Waals surface area contributed by atoms with Crippen LogP contribution in [0.15, 0.2) is 48.5 Å². The molecule has 0 saturated heterocycles. The summed E-state index contributed by atoms with van der Waals surface area (Å²) in [5.74, 6) is -3.54. The number of hydrogen-bond acceptors (Lipinski definition) is 8. The number of rotatable bonds is 8. The van der Waals surface area contributed by atoms with Crippen LogP contribution in [-0.2, 0) is 29.1 Å². The molecule has 3 aliphatic rings. The molecule has 36 heavy (non-hydrogen) atoms. The maximum absolute atomic E-state index is 13.4. The zero-order chi connectivity index (χ0) is 25.1. The molecule has 0 spiro atoms. The van der Waals surface area contributed by atoms with Crippen molar-refractivity contribution >= 4 is 11.9 Å². The predicted octanol–water partition coefficient (Wildman–Crippen LogP) is 5.05. The minimum absolute atomic E-state index is 0.0838. The Balaban J connectivity index is 1.43. The summed E-state index contributed by atoms with van der Waals surface area (Å²) in [6, 6.07) is 12.9. The van der Waals surface area contributed by atoms with Crippen molar-refractivity contribution in [3.8, 4) is 11.5 Å². The largest absolute Gasteiger partial charge is 0.508 e. The number of phenolic OH excluding ortho intramolecular Hbond substituents is 2. The lowest BCUT2D eigenvalue weighted by molar-refractivity contribution is -0.310. The average molecular weight is 497 g/mol. The maximum atomic E-state index is 13.4. The van der Waals surface area contributed by atoms with Crippen LogP contribution in [0.2, 0.25) is 0 Å². The van der Waals surface area contributed by atoms with Crippen molar-refractivity contribution in [1.82, 2.24) is 0 Å². The van der Waals surface area contributed by atoms with E-state index in [9.17, 15) is 19.8 Å². The van der Waals surface area contributed by atoms with Crippen molar-refractivity contribution in [2.24, 2.45) is 11.8 Å². The van der Waals surface area contributed by atoms with Crippen LogP contribution in [0, 0.1) is 11.8 Å². The van der Waals surface area contributed by atoms with Crippen molar-refractivity contribution in [2.75, 3.05) is 0 Å². The van der Waals surface area contributed by atoms with Gasteiger partial charge >= 0.3 is 11.9 Å². The van der Waals surface area contributed by atoms with Crippen LogP contribution < -0.4 is 0 Å². The molecule has 0 bridgehead atoms. The molecule has 8 heteroatoms. The van der Waals surface area contributed by atoms with Crippen LogP contribution >= 0.6 is 0 Å². The highest BCUT2D eigenvalue weighted by molar-refractivity contribution is 5.85. The van der Waals surface area contributed by atoms with E-state index in [0.29, 0.717) is 11.1 Å². The van der Waals surface area contributed by atoms with E-state index in [2.05, 4.69) is 0 Å². The van der Waals surface area contributed by atoms with Gasteiger partial charge in [-0.25, -0.2) is 9.59 Å². The van der Waals surface area contributed by atoms with Gasteiger partial charge in [-0.05, 0) is 61.1 Å². The predicted molar refractivity (Wildman–Crippen MR) is 128 cm³/mol. The smallest absolute Gasteiger partial charge is 0.346 e. The van der Waals surface area contributed by atoms with E-state index in [1.165, 1.54) is 24.3 Å². The number of carbonyl (C=O) groups excluding carboxylic acids is 2. The molecule has 192 valence electrons. The summed E-state index contributed by atoms with van der Waals surface area (Å²) >= 11 is 0. The van der Waals surface area contributed by atoms with Crippen molar-refractivity contribution in [3.63, 3.8) is 0 Å². The Kier molecular flexibility index (Phi) is 7.43. The lowest BCUT2D eigenvalue weighted by Gasteiger charge is -2.49. The van der Waals surface area contributed by atoms with Gasteiger partial charge in [-0.15, -0.1) is 0 Å². The van der Waals surface area contributed by atoms with Crippen LogP contribution in [0.3, 0.4) is 0 Å². The van der Waals surface area contributed by atoms with Gasteiger partial charge in [0.1, 0.15) is 23.7 Å².